The zero-order chi connectivity index (χ0) is 40.1. The molecule has 1 saturated carbocycles. The molecule has 0 saturated heterocycles. The van der Waals surface area contributed by atoms with E-state index in [2.05, 4.69) is 10.8 Å². The molecular formula is C46H50F3NO6. The van der Waals surface area contributed by atoms with Crippen LogP contribution in [-0.2, 0) is 17.7 Å². The zero-order valence-corrected chi connectivity index (χ0v) is 32.1. The largest absolute Gasteiger partial charge is 0.573 e. The first kappa shape index (κ1) is 40.7. The lowest BCUT2D eigenvalue weighted by Crippen LogP contribution is -2.53. The molecule has 7 nitrogen and oxygen atoms in total. The van der Waals surface area contributed by atoms with Gasteiger partial charge in [-0.15, -0.1) is 13.2 Å². The lowest BCUT2D eigenvalue weighted by molar-refractivity contribution is -0.274. The van der Waals surface area contributed by atoms with Crippen LogP contribution in [0.15, 0.2) is 109 Å². The molecule has 0 aromatic heterocycles. The van der Waals surface area contributed by atoms with E-state index in [1.807, 2.05) is 86.6 Å². The maximum Gasteiger partial charge on any atom is 0.573 e. The summed E-state index contributed by atoms with van der Waals surface area (Å²) in [7, 11) is 0. The maximum atomic E-state index is 14.6. The highest BCUT2D eigenvalue weighted by Gasteiger charge is 2.57. The van der Waals surface area contributed by atoms with Gasteiger partial charge in [-0.3, -0.25) is 4.79 Å². The second-order valence-electron chi connectivity index (χ2n) is 15.5. The van der Waals surface area contributed by atoms with Crippen LogP contribution >= 0.6 is 0 Å². The minimum Gasteiger partial charge on any atom is -0.450 e. The van der Waals surface area contributed by atoms with Crippen LogP contribution in [-0.4, -0.2) is 58.2 Å². The van der Waals surface area contributed by atoms with E-state index in [0.29, 0.717) is 61.6 Å². The Morgan fingerprint density at radius 1 is 0.911 bits per heavy atom. The lowest BCUT2D eigenvalue weighted by Gasteiger charge is -2.46. The Balaban J connectivity index is 1.37. The van der Waals surface area contributed by atoms with Crippen molar-refractivity contribution in [1.29, 1.82) is 0 Å². The smallest absolute Gasteiger partial charge is 0.450 e. The molecule has 0 spiro atoms. The van der Waals surface area contributed by atoms with Gasteiger partial charge in [-0.25, -0.2) is 4.79 Å². The molecule has 0 heterocycles. The molecule has 4 atom stereocenters. The molecule has 0 aliphatic heterocycles. The molecule has 2 N–H and O–H groups in total. The number of rotatable bonds is 9. The Morgan fingerprint density at radius 3 is 2.29 bits per heavy atom. The van der Waals surface area contributed by atoms with Crippen molar-refractivity contribution in [2.45, 2.75) is 96.2 Å². The van der Waals surface area contributed by atoms with E-state index in [1.165, 1.54) is 29.2 Å². The Labute approximate surface area is 326 Å². The van der Waals surface area contributed by atoms with Crippen molar-refractivity contribution in [1.82, 2.24) is 4.90 Å². The van der Waals surface area contributed by atoms with Crippen LogP contribution in [0.4, 0.5) is 18.0 Å². The summed E-state index contributed by atoms with van der Waals surface area (Å²) in [5, 5.41) is 23.9. The van der Waals surface area contributed by atoms with Crippen LogP contribution in [0.2, 0.25) is 0 Å². The van der Waals surface area contributed by atoms with Crippen molar-refractivity contribution < 1.29 is 42.4 Å². The van der Waals surface area contributed by atoms with E-state index >= 15 is 0 Å². The minimum atomic E-state index is -4.84. The quantitative estimate of drug-likeness (QED) is 0.130. The summed E-state index contributed by atoms with van der Waals surface area (Å²) in [6, 6.07) is 28.6. The SMILES string of the molecule is CCOC(=O)N(Cc1ccc(OC(F)(F)F)cc1)CC1(O)CCC2c3ccc(cc3C(=O)c3ccc(-c4ccccc4)cc3)CC(O)CCC(C)=CCCC21C. The minimum absolute atomic E-state index is 0.0209. The molecule has 10 heteroatoms. The molecule has 7 rings (SSSR count). The third kappa shape index (κ3) is 9.36. The van der Waals surface area contributed by atoms with Crippen LogP contribution in [0, 0.1) is 5.41 Å². The van der Waals surface area contributed by atoms with E-state index < -0.39 is 29.6 Å². The highest BCUT2D eigenvalue weighted by atomic mass is 19.4. The fourth-order valence-corrected chi connectivity index (χ4v) is 8.53. The highest BCUT2D eigenvalue weighted by molar-refractivity contribution is 6.10. The molecule has 296 valence electrons. The molecule has 56 heavy (non-hydrogen) atoms. The summed E-state index contributed by atoms with van der Waals surface area (Å²) < 4.78 is 47.9. The average molecular weight is 770 g/mol. The van der Waals surface area contributed by atoms with Gasteiger partial charge in [-0.1, -0.05) is 97.4 Å². The van der Waals surface area contributed by atoms with Crippen molar-refractivity contribution in [2.75, 3.05) is 13.2 Å². The number of amides is 1. The lowest BCUT2D eigenvalue weighted by atomic mass is 9.64. The van der Waals surface area contributed by atoms with Gasteiger partial charge >= 0.3 is 12.5 Å². The summed E-state index contributed by atoms with van der Waals surface area (Å²) in [6.07, 6.45) is -0.246. The first-order valence-electron chi connectivity index (χ1n) is 19.3. The van der Waals surface area contributed by atoms with Gasteiger partial charge in [0.1, 0.15) is 5.75 Å². The fourth-order valence-electron chi connectivity index (χ4n) is 8.53. The number of aliphatic hydroxyl groups excluding tert-OH is 1. The van der Waals surface area contributed by atoms with E-state index in [9.17, 15) is 33.0 Å². The van der Waals surface area contributed by atoms with Crippen LogP contribution in [0.1, 0.15) is 97.8 Å². The molecule has 0 radical (unpaired) electrons. The zero-order valence-electron chi connectivity index (χ0n) is 32.1. The first-order valence-corrected chi connectivity index (χ1v) is 19.3. The number of carbonyl (C=O) groups excluding carboxylic acids is 2. The normalized spacial score (nSPS) is 22.8. The molecule has 1 amide bonds. The number of ether oxygens (including phenoxy) is 2. The number of alkyl halides is 3. The van der Waals surface area contributed by atoms with Crippen molar-refractivity contribution in [3.05, 3.63) is 137 Å². The van der Waals surface area contributed by atoms with Crippen LogP contribution in [0.25, 0.3) is 11.1 Å². The number of benzene rings is 4. The number of hydrogen-bond donors (Lipinski definition) is 2. The second-order valence-corrected chi connectivity index (χ2v) is 15.5. The molecule has 4 aromatic rings. The summed E-state index contributed by atoms with van der Waals surface area (Å²) in [4.78, 5) is 29.5. The summed E-state index contributed by atoms with van der Waals surface area (Å²) in [6.45, 7) is 5.73. The van der Waals surface area contributed by atoms with Crippen LogP contribution in [0.5, 0.6) is 5.75 Å². The Bertz CT molecular complexity index is 2010. The molecule has 4 aromatic carbocycles. The van der Waals surface area contributed by atoms with E-state index in [-0.39, 0.29) is 37.1 Å². The molecular weight excluding hydrogens is 720 g/mol. The van der Waals surface area contributed by atoms with Crippen molar-refractivity contribution in [2.24, 2.45) is 5.41 Å². The van der Waals surface area contributed by atoms with Crippen molar-refractivity contribution in [3.63, 3.8) is 0 Å². The Kier molecular flexibility index (Phi) is 12.4. The van der Waals surface area contributed by atoms with Crippen LogP contribution < -0.4 is 4.74 Å². The highest BCUT2D eigenvalue weighted by Crippen LogP contribution is 2.59. The number of allylic oxidation sites excluding steroid dienone is 2. The average Bonchev–Trinajstić information content (AvgIpc) is 3.42. The monoisotopic (exact) mass is 769 g/mol. The van der Waals surface area contributed by atoms with Gasteiger partial charge in [0.25, 0.3) is 0 Å². The summed E-state index contributed by atoms with van der Waals surface area (Å²) in [5.74, 6) is -0.814. The predicted octanol–water partition coefficient (Wildman–Crippen LogP) is 10.2. The topological polar surface area (TPSA) is 96.3 Å². The maximum absolute atomic E-state index is 14.6. The van der Waals surface area contributed by atoms with Gasteiger partial charge in [0.05, 0.1) is 24.9 Å². The standard InChI is InChI=1S/C46H50F3NO6/c1-4-55-43(53)50(29-32-13-21-38(22-14-32)56-46(47,48)49)30-45(54)26-24-41-39-23-15-33(27-37(51)20-12-31(2)9-8-25-44(41,45)3)28-40(39)42(52)36-18-16-35(17-19-36)34-10-6-5-7-11-34/h5-7,9-11,13-19,21-23,28,37,41,51,54H,4,8,12,20,24-27,29-30H2,1-3H3. The number of hydrogen-bond acceptors (Lipinski definition) is 6. The number of fused-ring (bicyclic) bond motifs is 8. The number of carbonyl (C=O) groups is 2. The molecule has 3 aliphatic rings. The number of halogens is 3. The molecule has 4 unspecified atom stereocenters. The molecule has 2 bridgehead atoms. The van der Waals surface area contributed by atoms with Gasteiger partial charge in [-0.2, -0.15) is 0 Å². The third-order valence-electron chi connectivity index (χ3n) is 11.7. The van der Waals surface area contributed by atoms with Crippen molar-refractivity contribution in [3.8, 4) is 16.9 Å². The Morgan fingerprint density at radius 2 is 1.61 bits per heavy atom. The van der Waals surface area contributed by atoms with E-state index in [4.69, 9.17) is 4.74 Å². The number of aliphatic hydroxyl groups is 2. The second kappa shape index (κ2) is 17.1. The first-order chi connectivity index (χ1) is 26.7. The third-order valence-corrected chi connectivity index (χ3v) is 11.7. The van der Waals surface area contributed by atoms with E-state index in [0.717, 1.165) is 27.8 Å². The number of nitrogens with zero attached hydrogens (tertiary/aromatic N) is 1. The van der Waals surface area contributed by atoms with Gasteiger partial charge < -0.3 is 24.6 Å². The van der Waals surface area contributed by atoms with Gasteiger partial charge in [-0.05, 0) is 111 Å². The van der Waals surface area contributed by atoms with Crippen molar-refractivity contribution >= 4 is 11.9 Å². The fraction of sp³-hybridized carbons (Fsp3) is 0.391. The predicted molar refractivity (Wildman–Crippen MR) is 209 cm³/mol. The van der Waals surface area contributed by atoms with Gasteiger partial charge in [0.2, 0.25) is 0 Å². The summed E-state index contributed by atoms with van der Waals surface area (Å²) in [5.41, 5.74) is 4.13. The van der Waals surface area contributed by atoms with Gasteiger partial charge in [0.15, 0.2) is 5.78 Å². The summed E-state index contributed by atoms with van der Waals surface area (Å²) >= 11 is 0. The Hall–Kier alpha value is -4.93. The molecule has 3 aliphatic carbocycles. The van der Waals surface area contributed by atoms with Gasteiger partial charge in [0, 0.05) is 23.1 Å². The molecule has 1 fully saturated rings. The van der Waals surface area contributed by atoms with Crippen LogP contribution in [0.3, 0.4) is 0 Å². The van der Waals surface area contributed by atoms with E-state index in [1.54, 1.807) is 6.92 Å². The number of ketones is 1.